The van der Waals surface area contributed by atoms with Crippen LogP contribution in [0.4, 0.5) is 0 Å². The highest BCUT2D eigenvalue weighted by Gasteiger charge is 2.20. The van der Waals surface area contributed by atoms with Gasteiger partial charge in [0.15, 0.2) is 11.2 Å². The molecular formula is C23H26N4O3. The van der Waals surface area contributed by atoms with Gasteiger partial charge in [-0.25, -0.2) is 9.78 Å². The molecule has 0 radical (unpaired) electrons. The molecule has 0 atom stereocenters. The highest BCUT2D eigenvalue weighted by Crippen LogP contribution is 2.20. The zero-order valence-corrected chi connectivity index (χ0v) is 17.8. The standard InChI is InChI=1S/C23H26N4O3/c1-23(2,3)11-13-26-21(28)19-20(24-18-14-17(30-4)10-12-25(18)19)27(22(26)29)15-16-8-6-5-7-9-16/h5-10,12,14H,11,13,15H2,1-4H3. The molecule has 0 fully saturated rings. The fourth-order valence-electron chi connectivity index (χ4n) is 3.53. The Hall–Kier alpha value is -3.35. The molecule has 3 aromatic heterocycles. The SMILES string of the molecule is COc1ccn2c(c1)nc1c2c(=O)n(CCC(C)(C)C)c(=O)n1Cc1ccccc1. The van der Waals surface area contributed by atoms with Crippen LogP contribution in [0.25, 0.3) is 16.8 Å². The minimum atomic E-state index is -0.337. The maximum absolute atomic E-state index is 13.4. The van der Waals surface area contributed by atoms with Crippen molar-refractivity contribution in [3.63, 3.8) is 0 Å². The Balaban J connectivity index is 2.00. The lowest BCUT2D eigenvalue weighted by atomic mass is 9.92. The molecule has 7 nitrogen and oxygen atoms in total. The number of methoxy groups -OCH3 is 1. The van der Waals surface area contributed by atoms with E-state index >= 15 is 0 Å². The summed E-state index contributed by atoms with van der Waals surface area (Å²) in [4.78, 5) is 31.4. The third-order valence-corrected chi connectivity index (χ3v) is 5.25. The van der Waals surface area contributed by atoms with Crippen LogP contribution in [0.2, 0.25) is 0 Å². The van der Waals surface area contributed by atoms with Crippen molar-refractivity contribution < 1.29 is 4.74 Å². The average Bonchev–Trinajstić information content (AvgIpc) is 3.09. The summed E-state index contributed by atoms with van der Waals surface area (Å²) in [6.45, 7) is 6.99. The Morgan fingerprint density at radius 2 is 1.77 bits per heavy atom. The van der Waals surface area contributed by atoms with E-state index in [1.54, 1.807) is 34.4 Å². The van der Waals surface area contributed by atoms with E-state index in [9.17, 15) is 9.59 Å². The van der Waals surface area contributed by atoms with Crippen LogP contribution in [0.3, 0.4) is 0 Å². The highest BCUT2D eigenvalue weighted by atomic mass is 16.5. The topological polar surface area (TPSA) is 70.5 Å². The van der Waals surface area contributed by atoms with Crippen LogP contribution in [0.5, 0.6) is 5.75 Å². The molecule has 7 heteroatoms. The van der Waals surface area contributed by atoms with E-state index in [-0.39, 0.29) is 16.7 Å². The van der Waals surface area contributed by atoms with Crippen LogP contribution < -0.4 is 16.0 Å². The number of rotatable bonds is 5. The molecule has 0 bridgehead atoms. The molecule has 156 valence electrons. The molecule has 0 amide bonds. The van der Waals surface area contributed by atoms with Crippen LogP contribution in [0, 0.1) is 5.41 Å². The molecule has 0 N–H and O–H groups in total. The summed E-state index contributed by atoms with van der Waals surface area (Å²) in [5.41, 5.74) is 1.66. The van der Waals surface area contributed by atoms with E-state index in [4.69, 9.17) is 4.74 Å². The van der Waals surface area contributed by atoms with Gasteiger partial charge >= 0.3 is 5.69 Å². The molecular weight excluding hydrogens is 380 g/mol. The van der Waals surface area contributed by atoms with Crippen molar-refractivity contribution in [3.05, 3.63) is 75.1 Å². The Bertz CT molecular complexity index is 1320. The number of imidazole rings is 1. The lowest BCUT2D eigenvalue weighted by Crippen LogP contribution is -2.41. The Morgan fingerprint density at radius 3 is 2.43 bits per heavy atom. The first-order valence-corrected chi connectivity index (χ1v) is 10.0. The first kappa shape index (κ1) is 19.9. The van der Waals surface area contributed by atoms with Gasteiger partial charge in [-0.15, -0.1) is 0 Å². The number of ether oxygens (including phenoxy) is 1. The quantitative estimate of drug-likeness (QED) is 0.510. The van der Waals surface area contributed by atoms with Gasteiger partial charge in [-0.2, -0.15) is 0 Å². The number of aromatic nitrogens is 4. The molecule has 30 heavy (non-hydrogen) atoms. The van der Waals surface area contributed by atoms with Gasteiger partial charge in [-0.1, -0.05) is 51.1 Å². The Labute approximate surface area is 174 Å². The Kier molecular flexibility index (Phi) is 4.97. The second-order valence-corrected chi connectivity index (χ2v) is 8.70. The number of pyridine rings is 1. The van der Waals surface area contributed by atoms with Crippen molar-refractivity contribution >= 4 is 16.8 Å². The van der Waals surface area contributed by atoms with Crippen LogP contribution in [-0.4, -0.2) is 25.6 Å². The summed E-state index contributed by atoms with van der Waals surface area (Å²) < 4.78 is 9.96. The maximum Gasteiger partial charge on any atom is 0.333 e. The largest absolute Gasteiger partial charge is 0.497 e. The van der Waals surface area contributed by atoms with Gasteiger partial charge in [0.25, 0.3) is 5.56 Å². The molecule has 0 unspecified atom stereocenters. The molecule has 0 aliphatic heterocycles. The van der Waals surface area contributed by atoms with Crippen molar-refractivity contribution in [2.24, 2.45) is 5.41 Å². The third kappa shape index (κ3) is 3.63. The fourth-order valence-corrected chi connectivity index (χ4v) is 3.53. The van der Waals surface area contributed by atoms with Crippen molar-refractivity contribution in [1.82, 2.24) is 18.5 Å². The van der Waals surface area contributed by atoms with E-state index in [0.29, 0.717) is 42.1 Å². The molecule has 0 saturated heterocycles. The molecule has 4 aromatic rings. The number of nitrogens with zero attached hydrogens (tertiary/aromatic N) is 4. The number of benzene rings is 1. The first-order chi connectivity index (χ1) is 14.3. The van der Waals surface area contributed by atoms with Crippen molar-refractivity contribution in [2.45, 2.75) is 40.3 Å². The number of hydrogen-bond acceptors (Lipinski definition) is 4. The molecule has 0 aliphatic rings. The monoisotopic (exact) mass is 406 g/mol. The molecule has 0 saturated carbocycles. The first-order valence-electron chi connectivity index (χ1n) is 10.0. The average molecular weight is 406 g/mol. The van der Waals surface area contributed by atoms with Crippen molar-refractivity contribution in [3.8, 4) is 5.75 Å². The van der Waals surface area contributed by atoms with Crippen molar-refractivity contribution in [1.29, 1.82) is 0 Å². The normalized spacial score (nSPS) is 12.0. The lowest BCUT2D eigenvalue weighted by Gasteiger charge is -2.19. The summed E-state index contributed by atoms with van der Waals surface area (Å²) in [7, 11) is 1.58. The molecule has 3 heterocycles. The van der Waals surface area contributed by atoms with E-state index in [1.807, 2.05) is 30.3 Å². The minimum absolute atomic E-state index is 0.00204. The predicted molar refractivity (Wildman–Crippen MR) is 117 cm³/mol. The predicted octanol–water partition coefficient (Wildman–Crippen LogP) is 3.30. The Morgan fingerprint density at radius 1 is 1.03 bits per heavy atom. The number of hydrogen-bond donors (Lipinski definition) is 0. The molecule has 4 rings (SSSR count). The maximum atomic E-state index is 13.4. The lowest BCUT2D eigenvalue weighted by molar-refractivity contribution is 0.342. The third-order valence-electron chi connectivity index (χ3n) is 5.25. The van der Waals surface area contributed by atoms with Gasteiger partial charge in [0.1, 0.15) is 11.4 Å². The summed E-state index contributed by atoms with van der Waals surface area (Å²) in [6, 6.07) is 13.3. The summed E-state index contributed by atoms with van der Waals surface area (Å²) in [5, 5.41) is 0. The van der Waals surface area contributed by atoms with E-state index in [2.05, 4.69) is 25.8 Å². The zero-order valence-electron chi connectivity index (χ0n) is 17.8. The van der Waals surface area contributed by atoms with E-state index in [1.165, 1.54) is 4.57 Å². The van der Waals surface area contributed by atoms with Gasteiger partial charge in [0.2, 0.25) is 0 Å². The highest BCUT2D eigenvalue weighted by molar-refractivity contribution is 5.77. The molecule has 0 aliphatic carbocycles. The summed E-state index contributed by atoms with van der Waals surface area (Å²) in [6.07, 6.45) is 2.47. The van der Waals surface area contributed by atoms with Gasteiger partial charge in [0, 0.05) is 18.8 Å². The van der Waals surface area contributed by atoms with Crippen LogP contribution >= 0.6 is 0 Å². The summed E-state index contributed by atoms with van der Waals surface area (Å²) >= 11 is 0. The summed E-state index contributed by atoms with van der Waals surface area (Å²) in [5.74, 6) is 0.642. The van der Waals surface area contributed by atoms with Gasteiger partial charge in [-0.05, 0) is 23.5 Å². The van der Waals surface area contributed by atoms with E-state index in [0.717, 1.165) is 5.56 Å². The second-order valence-electron chi connectivity index (χ2n) is 8.70. The van der Waals surface area contributed by atoms with E-state index < -0.39 is 0 Å². The van der Waals surface area contributed by atoms with Gasteiger partial charge in [-0.3, -0.25) is 18.3 Å². The minimum Gasteiger partial charge on any atom is -0.497 e. The van der Waals surface area contributed by atoms with Crippen LogP contribution in [0.1, 0.15) is 32.8 Å². The fraction of sp³-hybridized carbons (Fsp3) is 0.348. The molecule has 0 spiro atoms. The molecule has 1 aromatic carbocycles. The van der Waals surface area contributed by atoms with Crippen LogP contribution in [-0.2, 0) is 13.1 Å². The number of fused-ring (bicyclic) bond motifs is 3. The van der Waals surface area contributed by atoms with Crippen LogP contribution in [0.15, 0.2) is 58.3 Å². The van der Waals surface area contributed by atoms with Gasteiger partial charge in [0.05, 0.1) is 13.7 Å². The zero-order chi connectivity index (χ0) is 21.5. The van der Waals surface area contributed by atoms with Gasteiger partial charge < -0.3 is 4.74 Å². The second kappa shape index (κ2) is 7.48. The van der Waals surface area contributed by atoms with Crippen molar-refractivity contribution in [2.75, 3.05) is 7.11 Å². The smallest absolute Gasteiger partial charge is 0.333 e.